The lowest BCUT2D eigenvalue weighted by atomic mass is 10.3. The zero-order valence-electron chi connectivity index (χ0n) is 11.4. The third kappa shape index (κ3) is 2.86. The number of primary amides is 1. The molecule has 4 nitrogen and oxygen atoms in total. The maximum Gasteiger partial charge on any atom is 0.237 e. The van der Waals surface area contributed by atoms with Gasteiger partial charge in [0.15, 0.2) is 0 Å². The van der Waals surface area contributed by atoms with E-state index in [4.69, 9.17) is 5.73 Å². The van der Waals surface area contributed by atoms with Gasteiger partial charge < -0.3 is 10.6 Å². The third-order valence-electron chi connectivity index (χ3n) is 4.10. The highest BCUT2D eigenvalue weighted by atomic mass is 28.3. The molecule has 1 aliphatic rings. The lowest BCUT2D eigenvalue weighted by Crippen LogP contribution is -2.47. The summed E-state index contributed by atoms with van der Waals surface area (Å²) in [5.41, 5.74) is 5.53. The second kappa shape index (κ2) is 5.17. The lowest BCUT2D eigenvalue weighted by molar-refractivity contribution is -0.132. The molecule has 0 radical (unpaired) electrons. The van der Waals surface area contributed by atoms with Crippen molar-refractivity contribution in [3.05, 3.63) is 30.3 Å². The number of carbonyl (C=O) groups excluding carboxylic acids is 2. The molecule has 2 rings (SSSR count). The number of rotatable bonds is 4. The van der Waals surface area contributed by atoms with E-state index in [1.807, 2.05) is 18.2 Å². The number of nitrogens with zero attached hydrogens (tertiary/aromatic N) is 1. The van der Waals surface area contributed by atoms with E-state index in [9.17, 15) is 9.59 Å². The van der Waals surface area contributed by atoms with Crippen LogP contribution in [0.5, 0.6) is 0 Å². The largest absolute Gasteiger partial charge is 0.368 e. The monoisotopic (exact) mass is 276 g/mol. The van der Waals surface area contributed by atoms with Crippen LogP contribution in [0.3, 0.4) is 0 Å². The number of carbonyl (C=O) groups is 2. The van der Waals surface area contributed by atoms with Crippen molar-refractivity contribution in [3.63, 3.8) is 0 Å². The SMILES string of the molecule is C[Si](C)(c1ccccc1)[C@@H]1CC(=O)N(CC(N)=O)C1. The van der Waals surface area contributed by atoms with Gasteiger partial charge in [-0.15, -0.1) is 0 Å². The van der Waals surface area contributed by atoms with E-state index in [0.29, 0.717) is 18.5 Å². The van der Waals surface area contributed by atoms with Crippen molar-refractivity contribution in [2.75, 3.05) is 13.1 Å². The van der Waals surface area contributed by atoms with Gasteiger partial charge in [0, 0.05) is 13.0 Å². The van der Waals surface area contributed by atoms with Crippen molar-refractivity contribution in [3.8, 4) is 0 Å². The second-order valence-electron chi connectivity index (χ2n) is 5.73. The van der Waals surface area contributed by atoms with E-state index >= 15 is 0 Å². The fourth-order valence-corrected chi connectivity index (χ4v) is 5.58. The summed E-state index contributed by atoms with van der Waals surface area (Å²) in [7, 11) is -1.70. The highest BCUT2D eigenvalue weighted by molar-refractivity contribution is 6.91. The van der Waals surface area contributed by atoms with Crippen molar-refractivity contribution in [2.45, 2.75) is 25.1 Å². The first-order chi connectivity index (χ1) is 8.91. The topological polar surface area (TPSA) is 63.4 Å². The minimum absolute atomic E-state index is 0.0502. The van der Waals surface area contributed by atoms with E-state index in [1.54, 1.807) is 4.90 Å². The van der Waals surface area contributed by atoms with Crippen molar-refractivity contribution in [1.29, 1.82) is 0 Å². The van der Waals surface area contributed by atoms with Crippen LogP contribution in [0.2, 0.25) is 18.6 Å². The Morgan fingerprint density at radius 2 is 2.00 bits per heavy atom. The minimum Gasteiger partial charge on any atom is -0.368 e. The van der Waals surface area contributed by atoms with Crippen LogP contribution in [0.1, 0.15) is 6.42 Å². The normalized spacial score (nSPS) is 19.8. The molecule has 0 bridgehead atoms. The Morgan fingerprint density at radius 1 is 1.37 bits per heavy atom. The molecule has 1 atom stereocenters. The predicted molar refractivity (Wildman–Crippen MR) is 77.7 cm³/mol. The Bertz CT molecular complexity index is 487. The summed E-state index contributed by atoms with van der Waals surface area (Å²) in [6.45, 7) is 5.28. The van der Waals surface area contributed by atoms with Crippen LogP contribution in [0.25, 0.3) is 0 Å². The van der Waals surface area contributed by atoms with Crippen molar-refractivity contribution in [1.82, 2.24) is 4.90 Å². The highest BCUT2D eigenvalue weighted by Crippen LogP contribution is 2.32. The third-order valence-corrected chi connectivity index (χ3v) is 8.35. The zero-order chi connectivity index (χ0) is 14.0. The first-order valence-corrected chi connectivity index (χ1v) is 9.60. The summed E-state index contributed by atoms with van der Waals surface area (Å²) in [5, 5.41) is 1.36. The molecule has 1 aliphatic heterocycles. The Hall–Kier alpha value is -1.62. The molecular formula is C14H20N2O2Si. The van der Waals surface area contributed by atoms with Gasteiger partial charge in [-0.1, -0.05) is 48.6 Å². The molecule has 0 unspecified atom stereocenters. The van der Waals surface area contributed by atoms with E-state index in [0.717, 1.165) is 0 Å². The Kier molecular flexibility index (Phi) is 3.75. The summed E-state index contributed by atoms with van der Waals surface area (Å²) >= 11 is 0. The molecule has 2 amide bonds. The molecule has 19 heavy (non-hydrogen) atoms. The summed E-state index contributed by atoms with van der Waals surface area (Å²) in [6, 6.07) is 10.4. The van der Waals surface area contributed by atoms with Gasteiger partial charge >= 0.3 is 0 Å². The minimum atomic E-state index is -1.70. The molecule has 5 heteroatoms. The van der Waals surface area contributed by atoms with Gasteiger partial charge in [-0.05, 0) is 5.54 Å². The summed E-state index contributed by atoms with van der Waals surface area (Å²) < 4.78 is 0. The molecular weight excluding hydrogens is 256 g/mol. The van der Waals surface area contributed by atoms with E-state index in [2.05, 4.69) is 25.2 Å². The number of nitrogens with two attached hydrogens (primary N) is 1. The van der Waals surface area contributed by atoms with Gasteiger partial charge in [-0.3, -0.25) is 9.59 Å². The fourth-order valence-electron chi connectivity index (χ4n) is 2.70. The number of benzene rings is 1. The molecule has 0 saturated carbocycles. The maximum atomic E-state index is 11.9. The van der Waals surface area contributed by atoms with Crippen molar-refractivity contribution in [2.24, 2.45) is 5.73 Å². The van der Waals surface area contributed by atoms with Crippen LogP contribution in [0, 0.1) is 0 Å². The molecule has 1 saturated heterocycles. The summed E-state index contributed by atoms with van der Waals surface area (Å²) in [6.07, 6.45) is 0.543. The van der Waals surface area contributed by atoms with E-state index in [1.165, 1.54) is 5.19 Å². The highest BCUT2D eigenvalue weighted by Gasteiger charge is 2.41. The van der Waals surface area contributed by atoms with Gasteiger partial charge in [0.05, 0.1) is 14.6 Å². The molecule has 1 fully saturated rings. The molecule has 0 aliphatic carbocycles. The van der Waals surface area contributed by atoms with Gasteiger partial charge in [0.1, 0.15) is 0 Å². The van der Waals surface area contributed by atoms with Crippen LogP contribution >= 0.6 is 0 Å². The molecule has 102 valence electrons. The van der Waals surface area contributed by atoms with Crippen molar-refractivity contribution < 1.29 is 9.59 Å². The molecule has 2 N–H and O–H groups in total. The van der Waals surface area contributed by atoms with Gasteiger partial charge in [0.25, 0.3) is 0 Å². The van der Waals surface area contributed by atoms with Gasteiger partial charge in [0.2, 0.25) is 11.8 Å². The second-order valence-corrected chi connectivity index (χ2v) is 10.6. The maximum absolute atomic E-state index is 11.9. The summed E-state index contributed by atoms with van der Waals surface area (Å²) in [5.74, 6) is -0.381. The Balaban J connectivity index is 2.15. The Morgan fingerprint density at radius 3 is 2.58 bits per heavy atom. The van der Waals surface area contributed by atoms with Gasteiger partial charge in [-0.25, -0.2) is 0 Å². The van der Waals surface area contributed by atoms with Crippen LogP contribution in [-0.2, 0) is 9.59 Å². The number of hydrogen-bond donors (Lipinski definition) is 1. The smallest absolute Gasteiger partial charge is 0.237 e. The molecule has 0 spiro atoms. The molecule has 1 aromatic rings. The van der Waals surface area contributed by atoms with Crippen LogP contribution in [0.15, 0.2) is 30.3 Å². The number of amides is 2. The zero-order valence-corrected chi connectivity index (χ0v) is 12.4. The van der Waals surface area contributed by atoms with E-state index in [-0.39, 0.29) is 12.5 Å². The molecule has 1 aromatic carbocycles. The Labute approximate surface area is 114 Å². The van der Waals surface area contributed by atoms with E-state index < -0.39 is 14.0 Å². The standard InChI is InChI=1S/C14H20N2O2Si/c1-19(2,11-6-4-3-5-7-11)12-8-14(18)16(9-12)10-13(15)17/h3-7,12H,8-10H2,1-2H3,(H2,15,17)/t12-/m1/s1. The van der Waals surface area contributed by atoms with Crippen molar-refractivity contribution >= 4 is 25.1 Å². The quantitative estimate of drug-likeness (QED) is 0.822. The fraction of sp³-hybridized carbons (Fsp3) is 0.429. The lowest BCUT2D eigenvalue weighted by Gasteiger charge is -2.29. The first-order valence-electron chi connectivity index (χ1n) is 6.53. The number of likely N-dealkylation sites (tertiary alicyclic amines) is 1. The van der Waals surface area contributed by atoms with Gasteiger partial charge in [-0.2, -0.15) is 0 Å². The summed E-state index contributed by atoms with van der Waals surface area (Å²) in [4.78, 5) is 24.5. The average Bonchev–Trinajstić information content (AvgIpc) is 2.72. The molecule has 1 heterocycles. The average molecular weight is 276 g/mol. The van der Waals surface area contributed by atoms with Crippen LogP contribution in [0.4, 0.5) is 0 Å². The van der Waals surface area contributed by atoms with Crippen LogP contribution < -0.4 is 10.9 Å². The van der Waals surface area contributed by atoms with Crippen LogP contribution in [-0.4, -0.2) is 37.9 Å². The first kappa shape index (κ1) is 13.8. The number of hydrogen-bond acceptors (Lipinski definition) is 2. The predicted octanol–water partition coefficient (Wildman–Crippen LogP) is 0.690. The molecule has 0 aromatic heterocycles.